The second kappa shape index (κ2) is 5.83. The van der Waals surface area contributed by atoms with Crippen LogP contribution in [0, 0.1) is 6.92 Å². The summed E-state index contributed by atoms with van der Waals surface area (Å²) >= 11 is 3.54. The molecule has 0 saturated heterocycles. The molecule has 0 bridgehead atoms. The van der Waals surface area contributed by atoms with E-state index in [1.54, 1.807) is 0 Å². The fourth-order valence-electron chi connectivity index (χ4n) is 1.66. The zero-order valence-electron chi connectivity index (χ0n) is 9.86. The van der Waals surface area contributed by atoms with Gasteiger partial charge in [-0.15, -0.1) is 0 Å². The normalized spacial score (nSPS) is 10.9. The fraction of sp³-hybridized carbons (Fsp3) is 0.125. The fourth-order valence-corrected chi connectivity index (χ4v) is 2.07. The van der Waals surface area contributed by atoms with Crippen molar-refractivity contribution in [1.29, 1.82) is 0 Å². The van der Waals surface area contributed by atoms with E-state index in [0.717, 1.165) is 10.9 Å². The van der Waals surface area contributed by atoms with Crippen LogP contribution in [0.1, 0.15) is 16.7 Å². The molecule has 2 aromatic rings. The van der Waals surface area contributed by atoms with Crippen molar-refractivity contribution in [2.24, 2.45) is 0 Å². The molecule has 0 spiro atoms. The van der Waals surface area contributed by atoms with Crippen LogP contribution in [-0.2, 0) is 6.42 Å². The van der Waals surface area contributed by atoms with Crippen molar-refractivity contribution >= 4 is 22.0 Å². The molecule has 0 aliphatic carbocycles. The smallest absolute Gasteiger partial charge is 0.0247 e. The minimum Gasteiger partial charge on any atom is -0.0795 e. The first-order chi connectivity index (χ1) is 8.25. The third kappa shape index (κ3) is 3.57. The van der Waals surface area contributed by atoms with E-state index in [1.165, 1.54) is 16.7 Å². The van der Waals surface area contributed by atoms with Crippen molar-refractivity contribution in [2.75, 3.05) is 0 Å². The largest absolute Gasteiger partial charge is 0.0795 e. The van der Waals surface area contributed by atoms with Crippen LogP contribution in [-0.4, -0.2) is 0 Å². The van der Waals surface area contributed by atoms with Gasteiger partial charge in [-0.2, -0.15) is 0 Å². The van der Waals surface area contributed by atoms with Crippen molar-refractivity contribution in [2.45, 2.75) is 13.3 Å². The SMILES string of the molecule is Cc1ccc(CC=Cc2ccccc2Br)cc1. The van der Waals surface area contributed by atoms with Crippen molar-refractivity contribution in [1.82, 2.24) is 0 Å². The van der Waals surface area contributed by atoms with Crippen molar-refractivity contribution in [3.05, 3.63) is 75.8 Å². The molecule has 0 aliphatic heterocycles. The summed E-state index contributed by atoms with van der Waals surface area (Å²) in [7, 11) is 0. The van der Waals surface area contributed by atoms with Crippen molar-refractivity contribution in [3.8, 4) is 0 Å². The monoisotopic (exact) mass is 286 g/mol. The predicted octanol–water partition coefficient (Wildman–Crippen LogP) is 5.01. The molecule has 0 fully saturated rings. The molecule has 0 unspecified atom stereocenters. The highest BCUT2D eigenvalue weighted by molar-refractivity contribution is 9.10. The Morgan fingerprint density at radius 1 is 1.00 bits per heavy atom. The van der Waals surface area contributed by atoms with Gasteiger partial charge in [0.15, 0.2) is 0 Å². The van der Waals surface area contributed by atoms with Gasteiger partial charge in [-0.25, -0.2) is 0 Å². The number of rotatable bonds is 3. The molecule has 0 radical (unpaired) electrons. The Kier molecular flexibility index (Phi) is 4.16. The van der Waals surface area contributed by atoms with Gasteiger partial charge >= 0.3 is 0 Å². The van der Waals surface area contributed by atoms with E-state index < -0.39 is 0 Å². The molecule has 17 heavy (non-hydrogen) atoms. The number of aryl methyl sites for hydroxylation is 1. The van der Waals surface area contributed by atoms with Crippen molar-refractivity contribution < 1.29 is 0 Å². The quantitative estimate of drug-likeness (QED) is 0.744. The first-order valence-corrected chi connectivity index (χ1v) is 6.51. The molecule has 1 heteroatoms. The Labute approximate surface area is 111 Å². The molecule has 0 nitrogen and oxygen atoms in total. The predicted molar refractivity (Wildman–Crippen MR) is 78.1 cm³/mol. The average molecular weight is 287 g/mol. The van der Waals surface area contributed by atoms with E-state index in [0.29, 0.717) is 0 Å². The third-order valence-corrected chi connectivity index (χ3v) is 3.40. The summed E-state index contributed by atoms with van der Waals surface area (Å²) in [4.78, 5) is 0. The number of hydrogen-bond acceptors (Lipinski definition) is 0. The van der Waals surface area contributed by atoms with E-state index in [-0.39, 0.29) is 0 Å². The van der Waals surface area contributed by atoms with Crippen LogP contribution < -0.4 is 0 Å². The Morgan fingerprint density at radius 3 is 2.41 bits per heavy atom. The second-order valence-electron chi connectivity index (χ2n) is 4.11. The summed E-state index contributed by atoms with van der Waals surface area (Å²) in [5.74, 6) is 0. The summed E-state index contributed by atoms with van der Waals surface area (Å²) in [6, 6.07) is 16.9. The zero-order chi connectivity index (χ0) is 12.1. The van der Waals surface area contributed by atoms with Gasteiger partial charge < -0.3 is 0 Å². The van der Waals surface area contributed by atoms with Gasteiger partial charge in [0, 0.05) is 4.47 Å². The molecule has 0 heterocycles. The maximum Gasteiger partial charge on any atom is 0.0247 e. The second-order valence-corrected chi connectivity index (χ2v) is 4.97. The first kappa shape index (κ1) is 12.1. The van der Waals surface area contributed by atoms with Crippen molar-refractivity contribution in [3.63, 3.8) is 0 Å². The van der Waals surface area contributed by atoms with E-state index in [1.807, 2.05) is 6.07 Å². The maximum absolute atomic E-state index is 3.54. The van der Waals surface area contributed by atoms with Gasteiger partial charge in [0.25, 0.3) is 0 Å². The van der Waals surface area contributed by atoms with Gasteiger partial charge in [0.1, 0.15) is 0 Å². The molecule has 0 saturated carbocycles. The molecule has 86 valence electrons. The van der Waals surface area contributed by atoms with Gasteiger partial charge in [-0.1, -0.05) is 76.1 Å². The molecule has 0 N–H and O–H groups in total. The molecule has 2 rings (SSSR count). The Bertz CT molecular complexity index is 509. The molecule has 0 atom stereocenters. The van der Waals surface area contributed by atoms with E-state index in [4.69, 9.17) is 0 Å². The lowest BCUT2D eigenvalue weighted by molar-refractivity contribution is 1.26. The Morgan fingerprint density at radius 2 is 1.71 bits per heavy atom. The Balaban J connectivity index is 2.03. The Hall–Kier alpha value is -1.34. The lowest BCUT2D eigenvalue weighted by Crippen LogP contribution is -1.81. The number of benzene rings is 2. The number of allylic oxidation sites excluding steroid dienone is 1. The molecular formula is C16H15Br. The highest BCUT2D eigenvalue weighted by atomic mass is 79.9. The first-order valence-electron chi connectivity index (χ1n) is 5.72. The lowest BCUT2D eigenvalue weighted by Gasteiger charge is -1.99. The van der Waals surface area contributed by atoms with Crippen LogP contribution in [0.4, 0.5) is 0 Å². The molecule has 0 aromatic heterocycles. The van der Waals surface area contributed by atoms with Gasteiger partial charge in [0.05, 0.1) is 0 Å². The molecule has 0 aliphatic rings. The topological polar surface area (TPSA) is 0 Å². The standard InChI is InChI=1S/C16H15Br/c1-13-9-11-14(12-10-13)5-4-7-15-6-2-3-8-16(15)17/h2-4,6-12H,5H2,1H3. The summed E-state index contributed by atoms with van der Waals surface area (Å²) < 4.78 is 1.14. The van der Waals surface area contributed by atoms with Crippen LogP contribution >= 0.6 is 15.9 Å². The summed E-state index contributed by atoms with van der Waals surface area (Å²) in [5, 5.41) is 0. The van der Waals surface area contributed by atoms with Crippen LogP contribution in [0.15, 0.2) is 59.1 Å². The highest BCUT2D eigenvalue weighted by Gasteiger charge is 1.93. The van der Waals surface area contributed by atoms with Gasteiger partial charge in [0.2, 0.25) is 0 Å². The average Bonchev–Trinajstić information content (AvgIpc) is 2.34. The van der Waals surface area contributed by atoms with Crippen LogP contribution in [0.5, 0.6) is 0 Å². The molecule has 2 aromatic carbocycles. The molecule has 0 amide bonds. The minimum absolute atomic E-state index is 0.974. The van der Waals surface area contributed by atoms with E-state index in [2.05, 4.69) is 77.5 Å². The third-order valence-electron chi connectivity index (χ3n) is 2.68. The van der Waals surface area contributed by atoms with E-state index in [9.17, 15) is 0 Å². The maximum atomic E-state index is 3.54. The highest BCUT2D eigenvalue weighted by Crippen LogP contribution is 2.17. The number of hydrogen-bond donors (Lipinski definition) is 0. The summed E-state index contributed by atoms with van der Waals surface area (Å²) in [5.41, 5.74) is 3.88. The van der Waals surface area contributed by atoms with Crippen LogP contribution in [0.3, 0.4) is 0 Å². The van der Waals surface area contributed by atoms with E-state index >= 15 is 0 Å². The minimum atomic E-state index is 0.974. The molecular weight excluding hydrogens is 272 g/mol. The zero-order valence-corrected chi connectivity index (χ0v) is 11.4. The van der Waals surface area contributed by atoms with Crippen LogP contribution in [0.2, 0.25) is 0 Å². The van der Waals surface area contributed by atoms with Gasteiger partial charge in [-0.3, -0.25) is 0 Å². The van der Waals surface area contributed by atoms with Gasteiger partial charge in [-0.05, 0) is 30.5 Å². The lowest BCUT2D eigenvalue weighted by atomic mass is 10.1. The summed E-state index contributed by atoms with van der Waals surface area (Å²) in [6.45, 7) is 2.11. The summed E-state index contributed by atoms with van der Waals surface area (Å²) in [6.07, 6.45) is 5.33. The number of halogens is 1. The van der Waals surface area contributed by atoms with Crippen LogP contribution in [0.25, 0.3) is 6.08 Å².